The van der Waals surface area contributed by atoms with E-state index in [1.807, 2.05) is 0 Å². The van der Waals surface area contributed by atoms with Crippen LogP contribution in [0.5, 0.6) is 23.0 Å². The fraction of sp³-hybridized carbons (Fsp3) is 0.120. The van der Waals surface area contributed by atoms with Crippen LogP contribution in [0.1, 0.15) is 23.5 Å². The average Bonchev–Trinajstić information content (AvgIpc) is 2.78. The van der Waals surface area contributed by atoms with Crippen LogP contribution in [0.3, 0.4) is 0 Å². The van der Waals surface area contributed by atoms with Gasteiger partial charge in [0.2, 0.25) is 5.43 Å². The van der Waals surface area contributed by atoms with Crippen LogP contribution in [-0.4, -0.2) is 23.3 Å². The van der Waals surface area contributed by atoms with E-state index < -0.39 is 17.3 Å². The standard InChI is InChI=1S/C25H18O7/c1-30-19-8-3-2-7-15(19)17-12-31-25-22-16(13-5-4-6-14(26)9-13)10-21(28)32-20(22)11-18(27)23(25)24(17)29/h2-9,11-12,16,26-27H,10H2,1H3. The molecule has 2 N–H and O–H groups in total. The zero-order valence-electron chi connectivity index (χ0n) is 17.0. The van der Waals surface area contributed by atoms with Crippen LogP contribution in [0.25, 0.3) is 22.1 Å². The van der Waals surface area contributed by atoms with Crippen molar-refractivity contribution in [1.29, 1.82) is 0 Å². The van der Waals surface area contributed by atoms with Crippen LogP contribution < -0.4 is 14.9 Å². The predicted molar refractivity (Wildman–Crippen MR) is 116 cm³/mol. The molecule has 0 aliphatic carbocycles. The molecular formula is C25H18O7. The number of fused-ring (bicyclic) bond motifs is 3. The maximum atomic E-state index is 13.4. The van der Waals surface area contributed by atoms with Crippen molar-refractivity contribution in [3.8, 4) is 34.1 Å². The lowest BCUT2D eigenvalue weighted by Gasteiger charge is -2.26. The van der Waals surface area contributed by atoms with Gasteiger partial charge in [-0.05, 0) is 23.8 Å². The van der Waals surface area contributed by atoms with Crippen LogP contribution in [-0.2, 0) is 4.79 Å². The number of hydrogen-bond donors (Lipinski definition) is 2. The Labute approximate surface area is 182 Å². The van der Waals surface area contributed by atoms with Gasteiger partial charge in [-0.2, -0.15) is 0 Å². The molecule has 0 spiro atoms. The second-order valence-electron chi connectivity index (χ2n) is 7.52. The third-order valence-corrected chi connectivity index (χ3v) is 5.64. The Morgan fingerprint density at radius 2 is 1.81 bits per heavy atom. The van der Waals surface area contributed by atoms with Crippen molar-refractivity contribution < 1.29 is 28.9 Å². The number of benzene rings is 3. The molecule has 7 nitrogen and oxygen atoms in total. The molecule has 0 bridgehead atoms. The molecule has 3 aromatic carbocycles. The Hall–Kier alpha value is -4.26. The first-order valence-corrected chi connectivity index (χ1v) is 9.92. The molecule has 160 valence electrons. The minimum Gasteiger partial charge on any atom is -0.508 e. The molecule has 7 heteroatoms. The molecule has 1 atom stereocenters. The largest absolute Gasteiger partial charge is 0.508 e. The monoisotopic (exact) mass is 430 g/mol. The quantitative estimate of drug-likeness (QED) is 0.368. The van der Waals surface area contributed by atoms with E-state index in [9.17, 15) is 19.8 Å². The second-order valence-corrected chi connectivity index (χ2v) is 7.52. The molecule has 2 heterocycles. The summed E-state index contributed by atoms with van der Waals surface area (Å²) >= 11 is 0. The van der Waals surface area contributed by atoms with Crippen molar-refractivity contribution in [2.45, 2.75) is 12.3 Å². The first-order chi connectivity index (χ1) is 15.5. The van der Waals surface area contributed by atoms with Crippen molar-refractivity contribution in [1.82, 2.24) is 0 Å². The van der Waals surface area contributed by atoms with E-state index in [2.05, 4.69) is 0 Å². The van der Waals surface area contributed by atoms with Crippen LogP contribution >= 0.6 is 0 Å². The Morgan fingerprint density at radius 3 is 2.59 bits per heavy atom. The van der Waals surface area contributed by atoms with Crippen LogP contribution in [0.2, 0.25) is 0 Å². The Balaban J connectivity index is 1.80. The fourth-order valence-corrected chi connectivity index (χ4v) is 4.21. The number of carbonyl (C=O) groups excluding carboxylic acids is 1. The van der Waals surface area contributed by atoms with Gasteiger partial charge in [0.1, 0.15) is 40.2 Å². The number of para-hydroxylation sites is 1. The lowest BCUT2D eigenvalue weighted by Crippen LogP contribution is -2.22. The molecule has 0 radical (unpaired) electrons. The van der Waals surface area contributed by atoms with Gasteiger partial charge in [-0.15, -0.1) is 0 Å². The summed E-state index contributed by atoms with van der Waals surface area (Å²) in [6, 6.07) is 14.8. The van der Waals surface area contributed by atoms with Gasteiger partial charge in [-0.25, -0.2) is 0 Å². The fourth-order valence-electron chi connectivity index (χ4n) is 4.21. The SMILES string of the molecule is COc1ccccc1-c1coc2c3c(cc(O)c2c1=O)OC(=O)CC3c1cccc(O)c1. The zero-order valence-corrected chi connectivity index (χ0v) is 17.0. The van der Waals surface area contributed by atoms with Crippen molar-refractivity contribution in [3.63, 3.8) is 0 Å². The first kappa shape index (κ1) is 19.7. The highest BCUT2D eigenvalue weighted by Gasteiger charge is 2.34. The third-order valence-electron chi connectivity index (χ3n) is 5.64. The van der Waals surface area contributed by atoms with E-state index in [0.717, 1.165) is 0 Å². The molecule has 4 aromatic rings. The van der Waals surface area contributed by atoms with Gasteiger partial charge < -0.3 is 24.1 Å². The molecular weight excluding hydrogens is 412 g/mol. The molecule has 32 heavy (non-hydrogen) atoms. The van der Waals surface area contributed by atoms with Crippen LogP contribution in [0.15, 0.2) is 70.1 Å². The van der Waals surface area contributed by atoms with Gasteiger partial charge in [0.25, 0.3) is 0 Å². The number of aromatic hydroxyl groups is 2. The smallest absolute Gasteiger partial charge is 0.312 e. The number of esters is 1. The second kappa shape index (κ2) is 7.46. The van der Waals surface area contributed by atoms with Gasteiger partial charge in [0.15, 0.2) is 0 Å². The summed E-state index contributed by atoms with van der Waals surface area (Å²) in [5.74, 6) is -0.713. The zero-order chi connectivity index (χ0) is 22.4. The molecule has 1 aliphatic heterocycles. The van der Waals surface area contributed by atoms with Gasteiger partial charge in [-0.3, -0.25) is 9.59 Å². The van der Waals surface area contributed by atoms with E-state index in [1.165, 1.54) is 25.5 Å². The van der Waals surface area contributed by atoms with E-state index in [-0.39, 0.29) is 40.2 Å². The lowest BCUT2D eigenvalue weighted by molar-refractivity contribution is -0.135. The number of methoxy groups -OCH3 is 1. The van der Waals surface area contributed by atoms with E-state index in [0.29, 0.717) is 22.4 Å². The molecule has 0 fully saturated rings. The van der Waals surface area contributed by atoms with Crippen LogP contribution in [0.4, 0.5) is 0 Å². The highest BCUT2D eigenvalue weighted by atomic mass is 16.5. The van der Waals surface area contributed by atoms with E-state index in [4.69, 9.17) is 13.9 Å². The normalized spacial score (nSPS) is 15.3. The highest BCUT2D eigenvalue weighted by Crippen LogP contribution is 2.46. The molecule has 0 saturated carbocycles. The number of ether oxygens (including phenoxy) is 2. The summed E-state index contributed by atoms with van der Waals surface area (Å²) in [6.07, 6.45) is 1.31. The Morgan fingerprint density at radius 1 is 1.00 bits per heavy atom. The maximum absolute atomic E-state index is 13.4. The highest BCUT2D eigenvalue weighted by molar-refractivity contribution is 5.94. The topological polar surface area (TPSA) is 106 Å². The summed E-state index contributed by atoms with van der Waals surface area (Å²) in [5, 5.41) is 20.6. The van der Waals surface area contributed by atoms with Crippen molar-refractivity contribution in [3.05, 3.63) is 82.2 Å². The summed E-state index contributed by atoms with van der Waals surface area (Å²) in [5.41, 5.74) is 1.57. The Kier molecular flexibility index (Phi) is 4.59. The first-order valence-electron chi connectivity index (χ1n) is 9.92. The third kappa shape index (κ3) is 3.06. The molecule has 5 rings (SSSR count). The molecule has 1 aliphatic rings. The van der Waals surface area contributed by atoms with Gasteiger partial charge in [-0.1, -0.05) is 30.3 Å². The number of phenolic OH excluding ortho intramolecular Hbond substituents is 2. The van der Waals surface area contributed by atoms with Crippen molar-refractivity contribution in [2.24, 2.45) is 0 Å². The van der Waals surface area contributed by atoms with Crippen molar-refractivity contribution >= 4 is 16.9 Å². The van der Waals surface area contributed by atoms with Gasteiger partial charge >= 0.3 is 5.97 Å². The molecule has 0 saturated heterocycles. The number of hydrogen-bond acceptors (Lipinski definition) is 7. The molecule has 0 amide bonds. The lowest BCUT2D eigenvalue weighted by atomic mass is 9.85. The number of phenols is 2. The maximum Gasteiger partial charge on any atom is 0.312 e. The minimum absolute atomic E-state index is 0.00566. The van der Waals surface area contributed by atoms with Crippen LogP contribution in [0, 0.1) is 0 Å². The summed E-state index contributed by atoms with van der Waals surface area (Å²) in [6.45, 7) is 0. The minimum atomic E-state index is -0.526. The van der Waals surface area contributed by atoms with Gasteiger partial charge in [0.05, 0.1) is 19.1 Å². The van der Waals surface area contributed by atoms with E-state index in [1.54, 1.807) is 42.5 Å². The van der Waals surface area contributed by atoms with Gasteiger partial charge in [0, 0.05) is 23.1 Å². The molecule has 1 aromatic heterocycles. The number of rotatable bonds is 3. The summed E-state index contributed by atoms with van der Waals surface area (Å²) in [4.78, 5) is 25.7. The Bertz CT molecular complexity index is 1430. The van der Waals surface area contributed by atoms with Crippen molar-refractivity contribution in [2.75, 3.05) is 7.11 Å². The summed E-state index contributed by atoms with van der Waals surface area (Å²) < 4.78 is 16.6. The number of carbonyl (C=O) groups is 1. The molecule has 1 unspecified atom stereocenters. The average molecular weight is 430 g/mol. The summed E-state index contributed by atoms with van der Waals surface area (Å²) in [7, 11) is 1.50. The van der Waals surface area contributed by atoms with E-state index >= 15 is 0 Å². The predicted octanol–water partition coefficient (Wildman–Crippen LogP) is 4.32.